The van der Waals surface area contributed by atoms with Crippen LogP contribution in [0.3, 0.4) is 0 Å². The number of para-hydroxylation sites is 1. The first-order valence-corrected chi connectivity index (χ1v) is 23.0. The van der Waals surface area contributed by atoms with Gasteiger partial charge in [-0.15, -0.1) is 11.3 Å². The van der Waals surface area contributed by atoms with Crippen molar-refractivity contribution in [2.45, 2.75) is 19.3 Å². The lowest BCUT2D eigenvalue weighted by atomic mass is 9.82. The van der Waals surface area contributed by atoms with Gasteiger partial charge in [-0.1, -0.05) is 153 Å². The minimum atomic E-state index is -0.109. The zero-order chi connectivity index (χ0) is 42.5. The van der Waals surface area contributed by atoms with Gasteiger partial charge >= 0.3 is 0 Å². The molecule has 0 fully saturated rings. The number of fused-ring (bicyclic) bond motifs is 11. The molecule has 10 aromatic carbocycles. The van der Waals surface area contributed by atoms with E-state index in [9.17, 15) is 0 Å². The Kier molecular flexibility index (Phi) is 8.16. The number of hydrogen-bond donors (Lipinski definition) is 0. The summed E-state index contributed by atoms with van der Waals surface area (Å²) in [4.78, 5) is 2.42. The van der Waals surface area contributed by atoms with Crippen LogP contribution in [0.4, 0.5) is 17.1 Å². The number of anilines is 3. The van der Waals surface area contributed by atoms with Crippen molar-refractivity contribution in [1.29, 1.82) is 0 Å². The topological polar surface area (TPSA) is 8.17 Å². The van der Waals surface area contributed by atoms with Gasteiger partial charge < -0.3 is 9.47 Å². The molecule has 0 saturated heterocycles. The molecule has 2 aromatic heterocycles. The van der Waals surface area contributed by atoms with E-state index in [4.69, 9.17) is 0 Å². The molecule has 1 aliphatic rings. The maximum atomic E-state index is 2.45. The van der Waals surface area contributed by atoms with Crippen molar-refractivity contribution in [2.75, 3.05) is 4.90 Å². The molecular formula is C61H42N2S. The van der Waals surface area contributed by atoms with Crippen LogP contribution in [0.1, 0.15) is 25.0 Å². The van der Waals surface area contributed by atoms with Gasteiger partial charge in [0.25, 0.3) is 0 Å². The van der Waals surface area contributed by atoms with E-state index in [2.05, 4.69) is 242 Å². The maximum Gasteiger partial charge on any atom is 0.0547 e. The predicted molar refractivity (Wildman–Crippen MR) is 274 cm³/mol. The minimum absolute atomic E-state index is 0.109. The first-order chi connectivity index (χ1) is 31.5. The van der Waals surface area contributed by atoms with E-state index in [0.29, 0.717) is 0 Å². The van der Waals surface area contributed by atoms with Crippen LogP contribution < -0.4 is 4.90 Å². The molecule has 0 aliphatic heterocycles. The van der Waals surface area contributed by atoms with Crippen molar-refractivity contribution in [2.24, 2.45) is 0 Å². The highest BCUT2D eigenvalue weighted by Gasteiger charge is 2.35. The molecule has 1 aliphatic carbocycles. The summed E-state index contributed by atoms with van der Waals surface area (Å²) in [6, 6.07) is 80.8. The Bertz CT molecular complexity index is 3800. The lowest BCUT2D eigenvalue weighted by molar-refractivity contribution is 0.660. The molecule has 12 aromatic rings. The molecule has 64 heavy (non-hydrogen) atoms. The number of hydrogen-bond acceptors (Lipinski definition) is 2. The number of thiophene rings is 1. The standard InChI is InChI=1S/C61H42N2S/c1-61(2)55-22-11-9-20-48(55)49-32-30-47(37-56(49)61)62(46-19-13-16-41(34-46)39-14-5-3-6-15-39)45-28-24-40(25-29-45)42-27-33-57-53(35-42)54-38-52-43(36-58(54)63(57)44-17-7-4-8-18-44)26-31-51-50-21-10-12-23-59(50)64-60(51)52/h3-38H,1-2H3. The Hall–Kier alpha value is -7.72. The van der Waals surface area contributed by atoms with Gasteiger partial charge in [-0.05, 0) is 129 Å². The van der Waals surface area contributed by atoms with Gasteiger partial charge in [0.1, 0.15) is 0 Å². The molecule has 0 amide bonds. The molecule has 0 saturated carbocycles. The third-order valence-electron chi connectivity index (χ3n) is 13.8. The van der Waals surface area contributed by atoms with E-state index in [1.165, 1.54) is 97.3 Å². The van der Waals surface area contributed by atoms with Crippen LogP contribution >= 0.6 is 11.3 Å². The molecule has 13 rings (SSSR count). The monoisotopic (exact) mass is 834 g/mol. The molecule has 0 radical (unpaired) electrons. The Morgan fingerprint density at radius 1 is 0.391 bits per heavy atom. The molecule has 3 heteroatoms. The van der Waals surface area contributed by atoms with Crippen LogP contribution in [0.2, 0.25) is 0 Å². The van der Waals surface area contributed by atoms with Crippen molar-refractivity contribution in [3.05, 3.63) is 230 Å². The lowest BCUT2D eigenvalue weighted by Crippen LogP contribution is -2.16. The predicted octanol–water partition coefficient (Wildman–Crippen LogP) is 17.4. The Morgan fingerprint density at radius 3 is 1.91 bits per heavy atom. The summed E-state index contributed by atoms with van der Waals surface area (Å²) < 4.78 is 5.11. The highest BCUT2D eigenvalue weighted by molar-refractivity contribution is 7.26. The second-order valence-electron chi connectivity index (χ2n) is 17.7. The summed E-state index contributed by atoms with van der Waals surface area (Å²) in [6.07, 6.45) is 0. The fourth-order valence-electron chi connectivity index (χ4n) is 10.6. The number of nitrogens with zero attached hydrogens (tertiary/aromatic N) is 2. The summed E-state index contributed by atoms with van der Waals surface area (Å²) >= 11 is 1.90. The van der Waals surface area contributed by atoms with Gasteiger partial charge in [0.15, 0.2) is 0 Å². The molecule has 0 bridgehead atoms. The first kappa shape index (κ1) is 36.9. The first-order valence-electron chi connectivity index (χ1n) is 22.2. The number of rotatable bonds is 6. The second-order valence-corrected chi connectivity index (χ2v) is 18.8. The van der Waals surface area contributed by atoms with Crippen molar-refractivity contribution in [1.82, 2.24) is 4.57 Å². The van der Waals surface area contributed by atoms with Crippen molar-refractivity contribution < 1.29 is 0 Å². The van der Waals surface area contributed by atoms with Crippen LogP contribution in [0.15, 0.2) is 218 Å². The maximum absolute atomic E-state index is 2.45. The van der Waals surface area contributed by atoms with E-state index in [0.717, 1.165) is 22.7 Å². The molecule has 0 atom stereocenters. The average molecular weight is 835 g/mol. The minimum Gasteiger partial charge on any atom is -0.310 e. The SMILES string of the molecule is CC1(C)c2ccccc2-c2ccc(N(c3ccc(-c4ccc5c(c4)c4cc6c(ccc7c8ccccc8sc67)cc4n5-c4ccccc4)cc3)c3cccc(-c4ccccc4)c3)cc21. The highest BCUT2D eigenvalue weighted by Crippen LogP contribution is 2.51. The van der Waals surface area contributed by atoms with Crippen LogP contribution in [-0.2, 0) is 5.41 Å². The highest BCUT2D eigenvalue weighted by atomic mass is 32.1. The smallest absolute Gasteiger partial charge is 0.0547 e. The number of benzene rings is 10. The summed E-state index contributed by atoms with van der Waals surface area (Å²) in [5.41, 5.74) is 17.0. The Balaban J connectivity index is 0.959. The summed E-state index contributed by atoms with van der Waals surface area (Å²) in [6.45, 7) is 4.72. The van der Waals surface area contributed by atoms with Crippen molar-refractivity contribution >= 4 is 81.1 Å². The van der Waals surface area contributed by atoms with Crippen molar-refractivity contribution in [3.8, 4) is 39.1 Å². The van der Waals surface area contributed by atoms with Crippen LogP contribution in [0.5, 0.6) is 0 Å². The Labute approximate surface area is 376 Å². The molecule has 0 N–H and O–H groups in total. The fourth-order valence-corrected chi connectivity index (χ4v) is 11.8. The second kappa shape index (κ2) is 14.2. The Morgan fingerprint density at radius 2 is 1.05 bits per heavy atom. The third kappa shape index (κ3) is 5.64. The molecule has 0 spiro atoms. The lowest BCUT2D eigenvalue weighted by Gasteiger charge is -2.28. The molecule has 2 heterocycles. The van der Waals surface area contributed by atoms with Gasteiger partial charge in [0.2, 0.25) is 0 Å². The van der Waals surface area contributed by atoms with Crippen molar-refractivity contribution in [3.63, 3.8) is 0 Å². The van der Waals surface area contributed by atoms with Gasteiger partial charge in [0.05, 0.1) is 11.0 Å². The van der Waals surface area contributed by atoms with E-state index in [1.807, 2.05) is 11.3 Å². The van der Waals surface area contributed by atoms with Crippen LogP contribution in [0.25, 0.3) is 91.8 Å². The summed E-state index contributed by atoms with van der Waals surface area (Å²) in [5.74, 6) is 0. The molecule has 2 nitrogen and oxygen atoms in total. The average Bonchev–Trinajstić information content (AvgIpc) is 3.96. The van der Waals surface area contributed by atoms with Crippen LogP contribution in [0, 0.1) is 0 Å². The third-order valence-corrected chi connectivity index (χ3v) is 15.0. The quantitative estimate of drug-likeness (QED) is 0.162. The zero-order valence-electron chi connectivity index (χ0n) is 35.6. The zero-order valence-corrected chi connectivity index (χ0v) is 36.4. The van der Waals surface area contributed by atoms with E-state index >= 15 is 0 Å². The van der Waals surface area contributed by atoms with Gasteiger partial charge in [0, 0.05) is 64.5 Å². The van der Waals surface area contributed by atoms with E-state index < -0.39 is 0 Å². The van der Waals surface area contributed by atoms with E-state index in [1.54, 1.807) is 0 Å². The van der Waals surface area contributed by atoms with Gasteiger partial charge in [-0.3, -0.25) is 0 Å². The van der Waals surface area contributed by atoms with E-state index in [-0.39, 0.29) is 5.41 Å². The largest absolute Gasteiger partial charge is 0.310 e. The fraction of sp³-hybridized carbons (Fsp3) is 0.0492. The summed E-state index contributed by atoms with van der Waals surface area (Å²) in [5, 5.41) is 7.74. The number of aromatic nitrogens is 1. The van der Waals surface area contributed by atoms with Crippen LogP contribution in [-0.4, -0.2) is 4.57 Å². The molecule has 0 unspecified atom stereocenters. The van der Waals surface area contributed by atoms with Gasteiger partial charge in [-0.2, -0.15) is 0 Å². The summed E-state index contributed by atoms with van der Waals surface area (Å²) in [7, 11) is 0. The normalized spacial score (nSPS) is 13.0. The molecule has 302 valence electrons. The van der Waals surface area contributed by atoms with Gasteiger partial charge in [-0.25, -0.2) is 0 Å². The molecular weight excluding hydrogens is 793 g/mol.